The van der Waals surface area contributed by atoms with E-state index in [2.05, 4.69) is 28.9 Å². The Morgan fingerprint density at radius 2 is 2.47 bits per heavy atom. The first-order chi connectivity index (χ1) is 7.09. The normalized spacial score (nSPS) is 28.5. The zero-order valence-electron chi connectivity index (χ0n) is 9.03. The summed E-state index contributed by atoms with van der Waals surface area (Å²) in [4.78, 5) is 14.6. The van der Waals surface area contributed by atoms with Gasteiger partial charge in [0.05, 0.1) is 6.54 Å². The van der Waals surface area contributed by atoms with Crippen LogP contribution in [-0.2, 0) is 4.74 Å². The number of hydrogen-bond acceptors (Lipinski definition) is 4. The van der Waals surface area contributed by atoms with Crippen molar-refractivity contribution in [2.45, 2.75) is 19.9 Å². The minimum atomic E-state index is -0.749. The van der Waals surface area contributed by atoms with Gasteiger partial charge in [-0.15, -0.1) is 0 Å². The zero-order valence-corrected chi connectivity index (χ0v) is 9.84. The molecule has 1 aliphatic heterocycles. The van der Waals surface area contributed by atoms with Gasteiger partial charge in [-0.05, 0) is 12.8 Å². The molecule has 2 atom stereocenters. The summed E-state index contributed by atoms with van der Waals surface area (Å²) >= 11 is 1.70. The molecule has 0 radical (unpaired) electrons. The van der Waals surface area contributed by atoms with Crippen molar-refractivity contribution in [1.82, 2.24) is 5.32 Å². The highest BCUT2D eigenvalue weighted by Gasteiger charge is 2.20. The molecule has 0 aromatic rings. The molecule has 5 nitrogen and oxygen atoms in total. The fourth-order valence-corrected chi connectivity index (χ4v) is 2.28. The lowest BCUT2D eigenvalue weighted by Gasteiger charge is -2.28. The van der Waals surface area contributed by atoms with Crippen LogP contribution in [0.3, 0.4) is 0 Å². The van der Waals surface area contributed by atoms with Gasteiger partial charge in [-0.2, -0.15) is 0 Å². The van der Waals surface area contributed by atoms with Gasteiger partial charge in [0.1, 0.15) is 6.61 Å². The molecule has 2 unspecified atom stereocenters. The van der Waals surface area contributed by atoms with Crippen LogP contribution in [0.15, 0.2) is 4.99 Å². The van der Waals surface area contributed by atoms with Crippen molar-refractivity contribution >= 4 is 23.0 Å². The molecule has 1 amide bonds. The molecule has 3 N–H and O–H groups in total. The first kappa shape index (κ1) is 12.2. The predicted molar refractivity (Wildman–Crippen MR) is 62.1 cm³/mol. The Kier molecular flexibility index (Phi) is 4.74. The topological polar surface area (TPSA) is 76.7 Å². The molecule has 1 aliphatic rings. The van der Waals surface area contributed by atoms with Crippen LogP contribution in [0.5, 0.6) is 0 Å². The van der Waals surface area contributed by atoms with Crippen LogP contribution in [0.1, 0.15) is 13.8 Å². The highest BCUT2D eigenvalue weighted by atomic mass is 32.2. The van der Waals surface area contributed by atoms with E-state index in [0.29, 0.717) is 18.5 Å². The Morgan fingerprint density at radius 1 is 1.73 bits per heavy atom. The molecule has 15 heavy (non-hydrogen) atoms. The molecule has 0 aromatic carbocycles. The Balaban J connectivity index is 2.25. The van der Waals surface area contributed by atoms with Crippen LogP contribution in [0.4, 0.5) is 4.79 Å². The van der Waals surface area contributed by atoms with Crippen LogP contribution in [0.2, 0.25) is 0 Å². The number of thioether (sulfide) groups is 1. The summed E-state index contributed by atoms with van der Waals surface area (Å²) in [5, 5.41) is 4.22. The number of amides is 1. The minimum Gasteiger partial charge on any atom is -0.448 e. The van der Waals surface area contributed by atoms with Crippen molar-refractivity contribution in [2.75, 3.05) is 18.9 Å². The van der Waals surface area contributed by atoms with E-state index in [1.165, 1.54) is 0 Å². The van der Waals surface area contributed by atoms with Gasteiger partial charge in [-0.1, -0.05) is 18.7 Å². The SMILES string of the molecule is CC1CSC(=NCCOC(N)=O)NC1C. The molecule has 0 bridgehead atoms. The lowest BCUT2D eigenvalue weighted by molar-refractivity contribution is 0.160. The molecule has 86 valence electrons. The number of rotatable bonds is 3. The van der Waals surface area contributed by atoms with E-state index in [1.807, 2.05) is 0 Å². The van der Waals surface area contributed by atoms with Crippen LogP contribution in [-0.4, -0.2) is 36.2 Å². The lowest BCUT2D eigenvalue weighted by Crippen LogP contribution is -2.41. The third kappa shape index (κ3) is 4.42. The Hall–Kier alpha value is -0.910. The van der Waals surface area contributed by atoms with Crippen LogP contribution < -0.4 is 11.1 Å². The largest absolute Gasteiger partial charge is 0.448 e. The number of ether oxygens (including phenoxy) is 1. The molecule has 0 spiro atoms. The van der Waals surface area contributed by atoms with E-state index in [-0.39, 0.29) is 6.61 Å². The minimum absolute atomic E-state index is 0.241. The molecular formula is C9H17N3O2S. The van der Waals surface area contributed by atoms with Gasteiger partial charge in [-0.3, -0.25) is 4.99 Å². The zero-order chi connectivity index (χ0) is 11.3. The van der Waals surface area contributed by atoms with Gasteiger partial charge >= 0.3 is 6.09 Å². The van der Waals surface area contributed by atoms with E-state index in [4.69, 9.17) is 5.73 Å². The molecule has 0 saturated carbocycles. The maximum Gasteiger partial charge on any atom is 0.404 e. The van der Waals surface area contributed by atoms with Gasteiger partial charge in [0.25, 0.3) is 0 Å². The third-order valence-electron chi connectivity index (χ3n) is 2.28. The Morgan fingerprint density at radius 3 is 3.07 bits per heavy atom. The standard InChI is InChI=1S/C9H17N3O2S/c1-6-5-15-9(12-7(6)2)11-3-4-14-8(10)13/h6-7H,3-5H2,1-2H3,(H2,10,13)(H,11,12). The third-order valence-corrected chi connectivity index (χ3v) is 3.49. The molecule has 1 rings (SSSR count). The number of nitrogens with one attached hydrogen (secondary N) is 1. The van der Waals surface area contributed by atoms with E-state index >= 15 is 0 Å². The van der Waals surface area contributed by atoms with Crippen molar-refractivity contribution in [3.63, 3.8) is 0 Å². The summed E-state index contributed by atoms with van der Waals surface area (Å²) in [7, 11) is 0. The average Bonchev–Trinajstić information content (AvgIpc) is 2.18. The van der Waals surface area contributed by atoms with Crippen molar-refractivity contribution in [1.29, 1.82) is 0 Å². The smallest absolute Gasteiger partial charge is 0.404 e. The van der Waals surface area contributed by atoms with Gasteiger partial charge in [0.2, 0.25) is 0 Å². The van der Waals surface area contributed by atoms with E-state index in [0.717, 1.165) is 10.9 Å². The van der Waals surface area contributed by atoms with Crippen molar-refractivity contribution < 1.29 is 9.53 Å². The first-order valence-electron chi connectivity index (χ1n) is 4.95. The number of nitrogens with two attached hydrogens (primary N) is 1. The van der Waals surface area contributed by atoms with Gasteiger partial charge in [-0.25, -0.2) is 4.79 Å². The number of nitrogens with zero attached hydrogens (tertiary/aromatic N) is 1. The van der Waals surface area contributed by atoms with E-state index in [1.54, 1.807) is 11.8 Å². The number of carbonyl (C=O) groups is 1. The summed E-state index contributed by atoms with van der Waals surface area (Å²) in [5.41, 5.74) is 4.82. The number of primary amides is 1. The van der Waals surface area contributed by atoms with Crippen LogP contribution in [0, 0.1) is 5.92 Å². The maximum absolute atomic E-state index is 10.3. The number of carbonyl (C=O) groups excluding carboxylic acids is 1. The number of amidine groups is 1. The summed E-state index contributed by atoms with van der Waals surface area (Å²) in [6.07, 6.45) is -0.749. The maximum atomic E-state index is 10.3. The summed E-state index contributed by atoms with van der Waals surface area (Å²) in [6.45, 7) is 5.04. The summed E-state index contributed by atoms with van der Waals surface area (Å²) < 4.78 is 4.58. The van der Waals surface area contributed by atoms with Gasteiger partial charge in [0, 0.05) is 11.8 Å². The van der Waals surface area contributed by atoms with Crippen LogP contribution >= 0.6 is 11.8 Å². The van der Waals surface area contributed by atoms with Gasteiger partial charge in [0.15, 0.2) is 5.17 Å². The van der Waals surface area contributed by atoms with E-state index in [9.17, 15) is 4.79 Å². The summed E-state index contributed by atoms with van der Waals surface area (Å²) in [6, 6.07) is 0.446. The van der Waals surface area contributed by atoms with Crippen LogP contribution in [0.25, 0.3) is 0 Å². The number of aliphatic imine (C=N–C) groups is 1. The molecule has 0 aromatic heterocycles. The molecular weight excluding hydrogens is 214 g/mol. The van der Waals surface area contributed by atoms with Crippen molar-refractivity contribution in [2.24, 2.45) is 16.6 Å². The Labute approximate surface area is 93.8 Å². The average molecular weight is 231 g/mol. The molecule has 6 heteroatoms. The summed E-state index contributed by atoms with van der Waals surface area (Å²) in [5.74, 6) is 1.72. The fraction of sp³-hybridized carbons (Fsp3) is 0.778. The molecule has 1 fully saturated rings. The van der Waals surface area contributed by atoms with Crippen molar-refractivity contribution in [3.8, 4) is 0 Å². The Bertz CT molecular complexity index is 258. The van der Waals surface area contributed by atoms with E-state index < -0.39 is 6.09 Å². The monoisotopic (exact) mass is 231 g/mol. The second-order valence-electron chi connectivity index (χ2n) is 3.58. The quantitative estimate of drug-likeness (QED) is 0.704. The second-order valence-corrected chi connectivity index (χ2v) is 4.58. The van der Waals surface area contributed by atoms with Gasteiger partial charge < -0.3 is 15.8 Å². The predicted octanol–water partition coefficient (Wildman–Crippen LogP) is 0.799. The lowest BCUT2D eigenvalue weighted by atomic mass is 10.1. The number of hydrogen-bond donors (Lipinski definition) is 2. The second kappa shape index (κ2) is 5.85. The highest BCUT2D eigenvalue weighted by molar-refractivity contribution is 8.13. The molecule has 1 heterocycles. The molecule has 1 saturated heterocycles. The highest BCUT2D eigenvalue weighted by Crippen LogP contribution is 2.18. The fourth-order valence-electron chi connectivity index (χ4n) is 1.12. The first-order valence-corrected chi connectivity index (χ1v) is 5.94. The van der Waals surface area contributed by atoms with Crippen molar-refractivity contribution in [3.05, 3.63) is 0 Å². The molecule has 0 aliphatic carbocycles.